The third kappa shape index (κ3) is 2.47. The number of ketones is 1. The van der Waals surface area contributed by atoms with Crippen molar-refractivity contribution in [3.8, 4) is 11.3 Å². The Morgan fingerprint density at radius 2 is 1.68 bits per heavy atom. The quantitative estimate of drug-likeness (QED) is 0.452. The van der Waals surface area contributed by atoms with Gasteiger partial charge in [-0.15, -0.1) is 0 Å². The van der Waals surface area contributed by atoms with E-state index >= 15 is 0 Å². The SMILES string of the molecule is O=C(c1ccccc1)c1n[nH]nc1-c1ccc([N+](=O)[O-])cc1. The lowest BCUT2D eigenvalue weighted by atomic mass is 10.0. The van der Waals surface area contributed by atoms with Crippen molar-refractivity contribution in [1.29, 1.82) is 0 Å². The number of non-ortho nitro benzene ring substituents is 1. The first-order valence-corrected chi connectivity index (χ1v) is 6.42. The first kappa shape index (κ1) is 13.6. The minimum atomic E-state index is -0.484. The zero-order valence-corrected chi connectivity index (χ0v) is 11.3. The van der Waals surface area contributed by atoms with Gasteiger partial charge < -0.3 is 0 Å². The van der Waals surface area contributed by atoms with E-state index in [1.54, 1.807) is 24.3 Å². The Labute approximate surface area is 124 Å². The van der Waals surface area contributed by atoms with Crippen LogP contribution in [0.3, 0.4) is 0 Å². The summed E-state index contributed by atoms with van der Waals surface area (Å²) in [5, 5.41) is 21.0. The van der Waals surface area contributed by atoms with Crippen LogP contribution in [-0.2, 0) is 0 Å². The van der Waals surface area contributed by atoms with E-state index in [1.165, 1.54) is 24.3 Å². The van der Waals surface area contributed by atoms with Gasteiger partial charge in [0.2, 0.25) is 5.78 Å². The summed E-state index contributed by atoms with van der Waals surface area (Å²) < 4.78 is 0. The normalized spacial score (nSPS) is 10.4. The number of nitrogens with zero attached hydrogens (tertiary/aromatic N) is 3. The molecule has 0 saturated heterocycles. The monoisotopic (exact) mass is 294 g/mol. The number of nitro groups is 1. The Kier molecular flexibility index (Phi) is 3.45. The van der Waals surface area contributed by atoms with Crippen molar-refractivity contribution in [2.24, 2.45) is 0 Å². The van der Waals surface area contributed by atoms with Crippen LogP contribution in [0.2, 0.25) is 0 Å². The predicted octanol–water partition coefficient (Wildman–Crippen LogP) is 2.61. The molecule has 22 heavy (non-hydrogen) atoms. The van der Waals surface area contributed by atoms with Crippen molar-refractivity contribution >= 4 is 11.5 Å². The lowest BCUT2D eigenvalue weighted by molar-refractivity contribution is -0.384. The molecular weight excluding hydrogens is 284 g/mol. The molecule has 0 bridgehead atoms. The fraction of sp³-hybridized carbons (Fsp3) is 0. The van der Waals surface area contributed by atoms with Crippen LogP contribution in [0.25, 0.3) is 11.3 Å². The Morgan fingerprint density at radius 1 is 1.00 bits per heavy atom. The van der Waals surface area contributed by atoms with E-state index in [0.29, 0.717) is 16.8 Å². The van der Waals surface area contributed by atoms with Gasteiger partial charge >= 0.3 is 0 Å². The molecule has 0 saturated carbocycles. The average Bonchev–Trinajstić information content (AvgIpc) is 3.04. The second-order valence-corrected chi connectivity index (χ2v) is 4.52. The van der Waals surface area contributed by atoms with Gasteiger partial charge in [0.25, 0.3) is 5.69 Å². The van der Waals surface area contributed by atoms with Gasteiger partial charge in [0.05, 0.1) is 4.92 Å². The highest BCUT2D eigenvalue weighted by atomic mass is 16.6. The van der Waals surface area contributed by atoms with Crippen molar-refractivity contribution in [3.63, 3.8) is 0 Å². The van der Waals surface area contributed by atoms with Crippen LogP contribution in [0, 0.1) is 10.1 Å². The van der Waals surface area contributed by atoms with Gasteiger partial charge in [-0.25, -0.2) is 0 Å². The first-order chi connectivity index (χ1) is 10.7. The highest BCUT2D eigenvalue weighted by Gasteiger charge is 2.19. The molecule has 1 heterocycles. The molecule has 108 valence electrons. The number of benzene rings is 2. The number of rotatable bonds is 4. The third-order valence-electron chi connectivity index (χ3n) is 3.15. The Bertz CT molecular complexity index is 826. The Hall–Kier alpha value is -3.35. The molecule has 0 atom stereocenters. The highest BCUT2D eigenvalue weighted by molar-refractivity contribution is 6.10. The van der Waals surface area contributed by atoms with Gasteiger partial charge in [0.1, 0.15) is 5.69 Å². The van der Waals surface area contributed by atoms with E-state index in [2.05, 4.69) is 15.4 Å². The van der Waals surface area contributed by atoms with Crippen molar-refractivity contribution in [2.75, 3.05) is 0 Å². The van der Waals surface area contributed by atoms with E-state index < -0.39 is 4.92 Å². The van der Waals surface area contributed by atoms with Gasteiger partial charge in [-0.1, -0.05) is 30.3 Å². The molecule has 0 aliphatic heterocycles. The first-order valence-electron chi connectivity index (χ1n) is 6.42. The molecule has 0 amide bonds. The molecule has 0 radical (unpaired) electrons. The van der Waals surface area contributed by atoms with Crippen LogP contribution in [0.4, 0.5) is 5.69 Å². The standard InChI is InChI=1S/C15H10N4O3/c20-15(11-4-2-1-3-5-11)14-13(16-18-17-14)10-6-8-12(9-7-10)19(21)22/h1-9H,(H,16,17,18). The zero-order valence-electron chi connectivity index (χ0n) is 11.3. The summed E-state index contributed by atoms with van der Waals surface area (Å²) in [5.41, 5.74) is 1.60. The number of carbonyl (C=O) groups is 1. The minimum absolute atomic E-state index is 0.0248. The topological polar surface area (TPSA) is 102 Å². The van der Waals surface area contributed by atoms with E-state index in [4.69, 9.17) is 0 Å². The number of carbonyl (C=O) groups excluding carboxylic acids is 1. The lowest BCUT2D eigenvalue weighted by Gasteiger charge is -2.01. The van der Waals surface area contributed by atoms with Crippen LogP contribution in [-0.4, -0.2) is 26.1 Å². The number of aromatic nitrogens is 3. The molecule has 3 aromatic rings. The summed E-state index contributed by atoms with van der Waals surface area (Å²) in [6.45, 7) is 0. The maximum absolute atomic E-state index is 12.4. The number of H-pyrrole nitrogens is 1. The maximum Gasteiger partial charge on any atom is 0.269 e. The van der Waals surface area contributed by atoms with Gasteiger partial charge in [-0.05, 0) is 12.1 Å². The fourth-order valence-corrected chi connectivity index (χ4v) is 2.06. The smallest absolute Gasteiger partial charge is 0.269 e. The van der Waals surface area contributed by atoms with Crippen molar-refractivity contribution in [1.82, 2.24) is 15.4 Å². The molecule has 0 spiro atoms. The second kappa shape index (κ2) is 5.57. The summed E-state index contributed by atoms with van der Waals surface area (Å²) in [4.78, 5) is 22.6. The number of hydrogen-bond donors (Lipinski definition) is 1. The highest BCUT2D eigenvalue weighted by Crippen LogP contribution is 2.24. The largest absolute Gasteiger partial charge is 0.287 e. The number of nitro benzene ring substituents is 1. The Morgan fingerprint density at radius 3 is 2.32 bits per heavy atom. The third-order valence-corrected chi connectivity index (χ3v) is 3.15. The zero-order chi connectivity index (χ0) is 15.5. The van der Waals surface area contributed by atoms with Gasteiger partial charge in [-0.2, -0.15) is 15.4 Å². The number of aromatic amines is 1. The van der Waals surface area contributed by atoms with Crippen molar-refractivity contribution in [3.05, 3.63) is 76.0 Å². The van der Waals surface area contributed by atoms with Crippen LogP contribution in [0.15, 0.2) is 54.6 Å². The molecule has 3 rings (SSSR count). The molecule has 7 nitrogen and oxygen atoms in total. The maximum atomic E-state index is 12.4. The van der Waals surface area contributed by atoms with Crippen LogP contribution >= 0.6 is 0 Å². The molecule has 0 unspecified atom stereocenters. The average molecular weight is 294 g/mol. The molecule has 0 aliphatic rings. The summed E-state index contributed by atoms with van der Waals surface area (Å²) in [6, 6.07) is 14.5. The van der Waals surface area contributed by atoms with Crippen LogP contribution in [0.1, 0.15) is 16.1 Å². The lowest BCUT2D eigenvalue weighted by Crippen LogP contribution is -2.03. The van der Waals surface area contributed by atoms with Crippen molar-refractivity contribution in [2.45, 2.75) is 0 Å². The van der Waals surface area contributed by atoms with Gasteiger partial charge in [0.15, 0.2) is 5.69 Å². The van der Waals surface area contributed by atoms with Crippen molar-refractivity contribution < 1.29 is 9.72 Å². The molecule has 1 aromatic heterocycles. The predicted molar refractivity (Wildman–Crippen MR) is 78.3 cm³/mol. The number of hydrogen-bond acceptors (Lipinski definition) is 5. The van der Waals surface area contributed by atoms with E-state index in [9.17, 15) is 14.9 Å². The fourth-order valence-electron chi connectivity index (χ4n) is 2.06. The summed E-state index contributed by atoms with van der Waals surface area (Å²) in [5.74, 6) is -0.261. The molecule has 1 N–H and O–H groups in total. The van der Waals surface area contributed by atoms with E-state index in [-0.39, 0.29) is 17.2 Å². The van der Waals surface area contributed by atoms with Crippen LogP contribution in [0.5, 0.6) is 0 Å². The molecule has 0 aliphatic carbocycles. The Balaban J connectivity index is 1.99. The second-order valence-electron chi connectivity index (χ2n) is 4.52. The van der Waals surface area contributed by atoms with E-state index in [1.807, 2.05) is 6.07 Å². The minimum Gasteiger partial charge on any atom is -0.287 e. The van der Waals surface area contributed by atoms with Gasteiger partial charge in [-0.3, -0.25) is 14.9 Å². The molecule has 2 aromatic carbocycles. The summed E-state index contributed by atoms with van der Waals surface area (Å²) >= 11 is 0. The molecular formula is C15H10N4O3. The summed E-state index contributed by atoms with van der Waals surface area (Å²) in [7, 11) is 0. The van der Waals surface area contributed by atoms with Crippen LogP contribution < -0.4 is 0 Å². The number of nitrogens with one attached hydrogen (secondary N) is 1. The summed E-state index contributed by atoms with van der Waals surface area (Å²) in [6.07, 6.45) is 0. The van der Waals surface area contributed by atoms with E-state index in [0.717, 1.165) is 0 Å². The molecule has 7 heteroatoms. The molecule has 0 fully saturated rings. The van der Waals surface area contributed by atoms with Gasteiger partial charge in [0, 0.05) is 23.3 Å².